The minimum Gasteiger partial charge on any atom is -0.407 e. The van der Waals surface area contributed by atoms with Crippen LogP contribution in [0.2, 0.25) is 5.04 Å². The lowest BCUT2D eigenvalue weighted by molar-refractivity contribution is 0.107. The van der Waals surface area contributed by atoms with Crippen LogP contribution in [-0.2, 0) is 15.8 Å². The highest BCUT2D eigenvalue weighted by Gasteiger charge is 2.50. The highest BCUT2D eigenvalue weighted by atomic mass is 28.4. The van der Waals surface area contributed by atoms with Crippen LogP contribution in [-0.4, -0.2) is 21.5 Å². The highest BCUT2D eigenvalue weighted by Crippen LogP contribution is 2.37. The van der Waals surface area contributed by atoms with Crippen molar-refractivity contribution in [3.63, 3.8) is 0 Å². The lowest BCUT2D eigenvalue weighted by atomic mass is 9.97. The summed E-state index contributed by atoms with van der Waals surface area (Å²) in [6.45, 7) is 14.1. The van der Waals surface area contributed by atoms with Crippen molar-refractivity contribution in [3.05, 3.63) is 96.6 Å². The fourth-order valence-electron chi connectivity index (χ4n) is 5.12. The summed E-state index contributed by atoms with van der Waals surface area (Å²) in [4.78, 5) is 0. The van der Waals surface area contributed by atoms with Gasteiger partial charge in [0.1, 0.15) is 0 Å². The number of ether oxygens (including phenoxy) is 1. The third-order valence-electron chi connectivity index (χ3n) is 7.26. The van der Waals surface area contributed by atoms with E-state index in [-0.39, 0.29) is 5.04 Å². The van der Waals surface area contributed by atoms with Gasteiger partial charge in [-0.15, -0.1) is 0 Å². The first-order valence-corrected chi connectivity index (χ1v) is 15.6. The Hall–Kier alpha value is -2.20. The molecule has 3 rings (SSSR count). The van der Waals surface area contributed by atoms with Gasteiger partial charge in [-0.25, -0.2) is 0 Å². The number of hydrogen-bond acceptors (Lipinski definition) is 2. The second-order valence-corrected chi connectivity index (χ2v) is 15.7. The van der Waals surface area contributed by atoms with Gasteiger partial charge in [0.2, 0.25) is 0 Å². The summed E-state index contributed by atoms with van der Waals surface area (Å²) in [5, 5.41) is 2.75. The maximum atomic E-state index is 7.13. The smallest absolute Gasteiger partial charge is 0.261 e. The van der Waals surface area contributed by atoms with E-state index in [1.54, 1.807) is 0 Å². The summed E-state index contributed by atoms with van der Waals surface area (Å²) >= 11 is 0. The lowest BCUT2D eigenvalue weighted by Crippen LogP contribution is -2.66. The molecule has 2 nitrogen and oxygen atoms in total. The van der Waals surface area contributed by atoms with Crippen LogP contribution in [0.1, 0.15) is 65.9 Å². The van der Waals surface area contributed by atoms with Gasteiger partial charge in [0.25, 0.3) is 8.32 Å². The molecule has 3 aromatic rings. The fourth-order valence-corrected chi connectivity index (χ4v) is 9.81. The summed E-state index contributed by atoms with van der Waals surface area (Å²) in [6.07, 6.45) is 4.82. The Labute approximate surface area is 221 Å². The highest BCUT2D eigenvalue weighted by molar-refractivity contribution is 6.99. The number of rotatable bonds is 14. The molecule has 0 heterocycles. The fraction of sp³-hybridized carbons (Fsp3) is 0.455. The molecule has 0 amide bonds. The van der Waals surface area contributed by atoms with Crippen molar-refractivity contribution in [3.8, 4) is 0 Å². The summed E-state index contributed by atoms with van der Waals surface area (Å²) in [6, 6.07) is 32.4. The van der Waals surface area contributed by atoms with Gasteiger partial charge in [0.05, 0.1) is 6.61 Å². The Morgan fingerprint density at radius 3 is 1.69 bits per heavy atom. The van der Waals surface area contributed by atoms with Crippen LogP contribution in [0.25, 0.3) is 0 Å². The molecule has 0 unspecified atom stereocenters. The van der Waals surface area contributed by atoms with Crippen LogP contribution in [0, 0.1) is 11.8 Å². The van der Waals surface area contributed by atoms with E-state index >= 15 is 0 Å². The van der Waals surface area contributed by atoms with E-state index in [9.17, 15) is 0 Å². The Morgan fingerprint density at radius 1 is 0.667 bits per heavy atom. The number of hydrogen-bond donors (Lipinski definition) is 0. The zero-order chi connectivity index (χ0) is 25.9. The molecule has 0 aromatic heterocycles. The summed E-state index contributed by atoms with van der Waals surface area (Å²) in [7, 11) is -2.44. The molecule has 2 atom stereocenters. The Balaban J connectivity index is 1.51. The maximum absolute atomic E-state index is 7.13. The second-order valence-electron chi connectivity index (χ2n) is 11.4. The van der Waals surface area contributed by atoms with Crippen molar-refractivity contribution < 1.29 is 9.16 Å². The molecule has 0 saturated carbocycles. The molecule has 3 aromatic carbocycles. The van der Waals surface area contributed by atoms with E-state index in [0.29, 0.717) is 18.4 Å². The zero-order valence-corrected chi connectivity index (χ0v) is 24.1. The second kappa shape index (κ2) is 13.9. The Bertz CT molecular complexity index is 943. The first kappa shape index (κ1) is 28.4. The van der Waals surface area contributed by atoms with Gasteiger partial charge in [0, 0.05) is 13.2 Å². The molecule has 3 heteroatoms. The molecule has 0 saturated heterocycles. The van der Waals surface area contributed by atoms with Gasteiger partial charge < -0.3 is 9.16 Å². The Morgan fingerprint density at radius 2 is 1.17 bits per heavy atom. The minimum atomic E-state index is -2.44. The van der Waals surface area contributed by atoms with Gasteiger partial charge in [-0.3, -0.25) is 0 Å². The average molecular weight is 503 g/mol. The number of benzene rings is 3. The largest absolute Gasteiger partial charge is 0.407 e. The van der Waals surface area contributed by atoms with Crippen LogP contribution in [0.3, 0.4) is 0 Å². The van der Waals surface area contributed by atoms with E-state index < -0.39 is 8.32 Å². The monoisotopic (exact) mass is 502 g/mol. The van der Waals surface area contributed by atoms with Gasteiger partial charge in [-0.1, -0.05) is 138 Å². The third kappa shape index (κ3) is 7.90. The van der Waals surface area contributed by atoms with E-state index in [1.165, 1.54) is 35.2 Å². The molecular weight excluding hydrogens is 456 g/mol. The SMILES string of the molecule is C[C@H](CCC[C@H](C)CO[Si](c1ccccc1)(c1ccccc1)C(C)(C)C)CCOCc1ccccc1. The standard InChI is InChI=1S/C33H46O2Si/c1-28(24-25-34-27-30-18-9-6-10-19-30)16-15-17-29(2)26-35-36(33(3,4)5,31-20-11-7-12-21-31)32-22-13-8-14-23-32/h6-14,18-23,28-29H,15-17,24-27H2,1-5H3/t28-,29+/m1/s1. The molecule has 0 aliphatic heterocycles. The molecule has 36 heavy (non-hydrogen) atoms. The van der Waals surface area contributed by atoms with Crippen LogP contribution in [0.15, 0.2) is 91.0 Å². The minimum absolute atomic E-state index is 0.0314. The Kier molecular flexibility index (Phi) is 11.0. The van der Waals surface area contributed by atoms with Crippen LogP contribution in [0.4, 0.5) is 0 Å². The maximum Gasteiger partial charge on any atom is 0.261 e. The quantitative estimate of drug-likeness (QED) is 0.167. The molecule has 194 valence electrons. The van der Waals surface area contributed by atoms with E-state index in [0.717, 1.165) is 19.6 Å². The molecule has 0 radical (unpaired) electrons. The van der Waals surface area contributed by atoms with Gasteiger partial charge in [-0.2, -0.15) is 0 Å². The molecule has 0 bridgehead atoms. The van der Waals surface area contributed by atoms with Crippen molar-refractivity contribution in [2.24, 2.45) is 11.8 Å². The van der Waals surface area contributed by atoms with Crippen LogP contribution < -0.4 is 10.4 Å². The van der Waals surface area contributed by atoms with Crippen molar-refractivity contribution in [2.45, 2.75) is 71.9 Å². The lowest BCUT2D eigenvalue weighted by Gasteiger charge is -2.43. The van der Waals surface area contributed by atoms with Crippen molar-refractivity contribution in [1.29, 1.82) is 0 Å². The van der Waals surface area contributed by atoms with Crippen molar-refractivity contribution >= 4 is 18.7 Å². The molecule has 0 aliphatic carbocycles. The van der Waals surface area contributed by atoms with Crippen LogP contribution in [0.5, 0.6) is 0 Å². The average Bonchev–Trinajstić information content (AvgIpc) is 2.88. The first-order valence-electron chi connectivity index (χ1n) is 13.7. The summed E-state index contributed by atoms with van der Waals surface area (Å²) in [5.41, 5.74) is 1.25. The van der Waals surface area contributed by atoms with Gasteiger partial charge >= 0.3 is 0 Å². The molecule has 0 spiro atoms. The van der Waals surface area contributed by atoms with E-state index in [4.69, 9.17) is 9.16 Å². The first-order chi connectivity index (χ1) is 17.3. The topological polar surface area (TPSA) is 18.5 Å². The van der Waals surface area contributed by atoms with Crippen LogP contribution >= 0.6 is 0 Å². The normalized spacial score (nSPS) is 13.9. The van der Waals surface area contributed by atoms with Crippen molar-refractivity contribution in [2.75, 3.05) is 13.2 Å². The van der Waals surface area contributed by atoms with Crippen molar-refractivity contribution in [1.82, 2.24) is 0 Å². The van der Waals surface area contributed by atoms with Gasteiger partial charge in [0.15, 0.2) is 0 Å². The van der Waals surface area contributed by atoms with E-state index in [2.05, 4.69) is 120 Å². The molecule has 0 fully saturated rings. The predicted molar refractivity (Wildman–Crippen MR) is 156 cm³/mol. The third-order valence-corrected chi connectivity index (χ3v) is 12.3. The van der Waals surface area contributed by atoms with E-state index in [1.807, 2.05) is 6.07 Å². The zero-order valence-electron chi connectivity index (χ0n) is 23.1. The molecule has 0 aliphatic rings. The summed E-state index contributed by atoms with van der Waals surface area (Å²) in [5.74, 6) is 1.22. The summed E-state index contributed by atoms with van der Waals surface area (Å²) < 4.78 is 13.0. The molecular formula is C33H46O2Si. The van der Waals surface area contributed by atoms with Gasteiger partial charge in [-0.05, 0) is 45.7 Å². The predicted octanol–water partition coefficient (Wildman–Crippen LogP) is 7.61. The molecule has 0 N–H and O–H groups in total.